The van der Waals surface area contributed by atoms with E-state index in [4.69, 9.17) is 17.3 Å². The maximum absolute atomic E-state index is 11.6. The standard InChI is InChI=1S/C14H11ClN2O4/c1-21-14(20)7-2-4-10(15)9(6-7)8-3-5-11(16)17-12(8)13(18)19/h2-6H,1H3,(H2,16,17)(H,18,19). The molecule has 0 amide bonds. The van der Waals surface area contributed by atoms with Crippen molar-refractivity contribution in [2.24, 2.45) is 0 Å². The number of aromatic carboxylic acids is 1. The van der Waals surface area contributed by atoms with Gasteiger partial charge in [0.05, 0.1) is 12.7 Å². The zero-order chi connectivity index (χ0) is 15.6. The highest BCUT2D eigenvalue weighted by Crippen LogP contribution is 2.31. The molecule has 1 aromatic heterocycles. The Morgan fingerprint density at radius 2 is 1.95 bits per heavy atom. The third-order valence-electron chi connectivity index (χ3n) is 2.80. The minimum atomic E-state index is -1.24. The Morgan fingerprint density at radius 1 is 1.24 bits per heavy atom. The van der Waals surface area contributed by atoms with Gasteiger partial charge in [0.1, 0.15) is 5.82 Å². The van der Waals surface area contributed by atoms with Crippen molar-refractivity contribution in [2.45, 2.75) is 0 Å². The van der Waals surface area contributed by atoms with Gasteiger partial charge in [0.15, 0.2) is 5.69 Å². The Hall–Kier alpha value is -2.60. The number of benzene rings is 1. The summed E-state index contributed by atoms with van der Waals surface area (Å²) in [7, 11) is 1.25. The number of carboxylic acid groups (broad SMARTS) is 1. The first-order valence-corrected chi connectivity index (χ1v) is 6.20. The van der Waals surface area contributed by atoms with E-state index in [1.54, 1.807) is 0 Å². The molecule has 0 aliphatic carbocycles. The second kappa shape index (κ2) is 5.80. The zero-order valence-electron chi connectivity index (χ0n) is 11.0. The minimum absolute atomic E-state index is 0.0800. The summed E-state index contributed by atoms with van der Waals surface area (Å²) in [6.07, 6.45) is 0. The number of esters is 1. The van der Waals surface area contributed by atoms with Gasteiger partial charge in [-0.2, -0.15) is 0 Å². The van der Waals surface area contributed by atoms with Gasteiger partial charge >= 0.3 is 11.9 Å². The van der Waals surface area contributed by atoms with Crippen LogP contribution in [0.3, 0.4) is 0 Å². The number of hydrogen-bond donors (Lipinski definition) is 2. The lowest BCUT2D eigenvalue weighted by Gasteiger charge is -2.10. The molecule has 1 aromatic carbocycles. The lowest BCUT2D eigenvalue weighted by molar-refractivity contribution is 0.0600. The van der Waals surface area contributed by atoms with Crippen molar-refractivity contribution in [1.29, 1.82) is 0 Å². The van der Waals surface area contributed by atoms with Crippen LogP contribution in [-0.4, -0.2) is 29.1 Å². The number of nitrogens with two attached hydrogens (primary N) is 1. The Balaban J connectivity index is 2.66. The molecule has 7 heteroatoms. The first kappa shape index (κ1) is 14.8. The Labute approximate surface area is 125 Å². The number of carbonyl (C=O) groups is 2. The van der Waals surface area contributed by atoms with Crippen molar-refractivity contribution in [2.75, 3.05) is 12.8 Å². The first-order chi connectivity index (χ1) is 9.93. The van der Waals surface area contributed by atoms with Crippen molar-refractivity contribution < 1.29 is 19.4 Å². The number of hydrogen-bond acceptors (Lipinski definition) is 5. The highest BCUT2D eigenvalue weighted by atomic mass is 35.5. The van der Waals surface area contributed by atoms with Gasteiger partial charge in [0.25, 0.3) is 0 Å². The zero-order valence-corrected chi connectivity index (χ0v) is 11.7. The van der Waals surface area contributed by atoms with Crippen LogP contribution in [-0.2, 0) is 4.74 Å². The van der Waals surface area contributed by atoms with Crippen LogP contribution in [0.1, 0.15) is 20.8 Å². The average molecular weight is 307 g/mol. The summed E-state index contributed by atoms with van der Waals surface area (Å²) in [4.78, 5) is 26.6. The van der Waals surface area contributed by atoms with Gasteiger partial charge in [-0.3, -0.25) is 0 Å². The molecule has 21 heavy (non-hydrogen) atoms. The van der Waals surface area contributed by atoms with Crippen LogP contribution in [0.25, 0.3) is 11.1 Å². The van der Waals surface area contributed by atoms with E-state index in [1.165, 1.54) is 37.4 Å². The van der Waals surface area contributed by atoms with Gasteiger partial charge in [-0.15, -0.1) is 0 Å². The summed E-state index contributed by atoms with van der Waals surface area (Å²) in [5.74, 6) is -1.71. The summed E-state index contributed by atoms with van der Waals surface area (Å²) >= 11 is 6.09. The van der Waals surface area contributed by atoms with Crippen LogP contribution >= 0.6 is 11.6 Å². The number of methoxy groups -OCH3 is 1. The van der Waals surface area contributed by atoms with Gasteiger partial charge in [-0.1, -0.05) is 11.6 Å². The second-order valence-electron chi connectivity index (χ2n) is 4.12. The molecular formula is C14H11ClN2O4. The van der Waals surface area contributed by atoms with Gasteiger partial charge in [-0.05, 0) is 30.3 Å². The molecule has 0 radical (unpaired) electrons. The summed E-state index contributed by atoms with van der Waals surface area (Å²) in [5.41, 5.74) is 6.15. The number of carbonyl (C=O) groups excluding carboxylic acids is 1. The Kier molecular flexibility index (Phi) is 4.09. The van der Waals surface area contributed by atoms with E-state index in [1.807, 2.05) is 0 Å². The van der Waals surface area contributed by atoms with Crippen molar-refractivity contribution in [3.63, 3.8) is 0 Å². The molecule has 0 spiro atoms. The number of halogens is 1. The Bertz CT molecular complexity index is 731. The number of carboxylic acids is 1. The van der Waals surface area contributed by atoms with Crippen LogP contribution < -0.4 is 5.73 Å². The number of nitrogens with zero attached hydrogens (tertiary/aromatic N) is 1. The van der Waals surface area contributed by atoms with Crippen LogP contribution in [0.2, 0.25) is 5.02 Å². The van der Waals surface area contributed by atoms with E-state index < -0.39 is 11.9 Å². The van der Waals surface area contributed by atoms with Gasteiger partial charge in [-0.25, -0.2) is 14.6 Å². The molecule has 0 unspecified atom stereocenters. The summed E-state index contributed by atoms with van der Waals surface area (Å²) in [5, 5.41) is 9.50. The highest BCUT2D eigenvalue weighted by molar-refractivity contribution is 6.33. The summed E-state index contributed by atoms with van der Waals surface area (Å²) < 4.78 is 4.63. The molecule has 2 rings (SSSR count). The molecule has 0 bridgehead atoms. The van der Waals surface area contributed by atoms with Crippen molar-refractivity contribution in [1.82, 2.24) is 4.98 Å². The third kappa shape index (κ3) is 2.95. The SMILES string of the molecule is COC(=O)c1ccc(Cl)c(-c2ccc(N)nc2C(=O)O)c1. The largest absolute Gasteiger partial charge is 0.476 e. The quantitative estimate of drug-likeness (QED) is 0.844. The summed E-state index contributed by atoms with van der Waals surface area (Å²) in [6, 6.07) is 7.39. The number of ether oxygens (including phenoxy) is 1. The van der Waals surface area contributed by atoms with Gasteiger partial charge in [0.2, 0.25) is 0 Å². The van der Waals surface area contributed by atoms with Gasteiger partial charge in [0, 0.05) is 16.1 Å². The lowest BCUT2D eigenvalue weighted by atomic mass is 10.0. The number of anilines is 1. The van der Waals surface area contributed by atoms with E-state index in [2.05, 4.69) is 9.72 Å². The molecule has 2 aromatic rings. The van der Waals surface area contributed by atoms with Crippen molar-refractivity contribution in [3.05, 3.63) is 46.6 Å². The topological polar surface area (TPSA) is 103 Å². The molecule has 3 N–H and O–H groups in total. The van der Waals surface area contributed by atoms with E-state index >= 15 is 0 Å². The fourth-order valence-corrected chi connectivity index (χ4v) is 2.05. The molecular weight excluding hydrogens is 296 g/mol. The molecule has 0 saturated heterocycles. The number of nitrogen functional groups attached to an aromatic ring is 1. The average Bonchev–Trinajstić information content (AvgIpc) is 2.47. The van der Waals surface area contributed by atoms with Crippen LogP contribution in [0.5, 0.6) is 0 Å². The molecule has 108 valence electrons. The second-order valence-corrected chi connectivity index (χ2v) is 4.53. The van der Waals surface area contributed by atoms with E-state index in [0.717, 1.165) is 0 Å². The monoisotopic (exact) mass is 306 g/mol. The van der Waals surface area contributed by atoms with Crippen molar-refractivity contribution in [3.8, 4) is 11.1 Å². The van der Waals surface area contributed by atoms with E-state index in [0.29, 0.717) is 5.56 Å². The van der Waals surface area contributed by atoms with Crippen LogP contribution in [0.4, 0.5) is 5.82 Å². The molecule has 0 atom stereocenters. The normalized spacial score (nSPS) is 10.2. The number of pyridine rings is 1. The fourth-order valence-electron chi connectivity index (χ4n) is 1.83. The van der Waals surface area contributed by atoms with Crippen LogP contribution in [0, 0.1) is 0 Å². The first-order valence-electron chi connectivity index (χ1n) is 5.82. The molecule has 0 saturated carbocycles. The summed E-state index contributed by atoms with van der Waals surface area (Å²) in [6.45, 7) is 0. The van der Waals surface area contributed by atoms with Crippen molar-refractivity contribution >= 4 is 29.4 Å². The van der Waals surface area contributed by atoms with Crippen LogP contribution in [0.15, 0.2) is 30.3 Å². The lowest BCUT2D eigenvalue weighted by Crippen LogP contribution is -2.06. The predicted molar refractivity (Wildman–Crippen MR) is 77.4 cm³/mol. The predicted octanol–water partition coefficient (Wildman–Crippen LogP) is 2.47. The smallest absolute Gasteiger partial charge is 0.355 e. The Morgan fingerprint density at radius 3 is 2.57 bits per heavy atom. The highest BCUT2D eigenvalue weighted by Gasteiger charge is 2.18. The molecule has 1 heterocycles. The molecule has 6 nitrogen and oxygen atoms in total. The number of aromatic nitrogens is 1. The molecule has 0 fully saturated rings. The van der Waals surface area contributed by atoms with E-state index in [-0.39, 0.29) is 27.7 Å². The fraction of sp³-hybridized carbons (Fsp3) is 0.0714. The third-order valence-corrected chi connectivity index (χ3v) is 3.13. The van der Waals surface area contributed by atoms with Gasteiger partial charge < -0.3 is 15.6 Å². The molecule has 0 aliphatic rings. The number of rotatable bonds is 3. The van der Waals surface area contributed by atoms with E-state index in [9.17, 15) is 14.7 Å². The minimum Gasteiger partial charge on any atom is -0.476 e. The maximum atomic E-state index is 11.6. The molecule has 0 aliphatic heterocycles. The maximum Gasteiger partial charge on any atom is 0.355 e.